The molecular weight excluding hydrogens is 302 g/mol. The molecule has 1 N–H and O–H groups in total. The average Bonchev–Trinajstić information content (AvgIpc) is 2.74. The normalized spacial score (nSPS) is 18.8. The van der Waals surface area contributed by atoms with Crippen molar-refractivity contribution in [3.05, 3.63) is 10.6 Å². The molecule has 0 saturated carbocycles. The fourth-order valence-corrected chi connectivity index (χ4v) is 4.53. The number of rotatable bonds is 6. The number of nitrogens with zero attached hydrogens (tertiary/aromatic N) is 2. The number of thiazole rings is 1. The molecule has 1 fully saturated rings. The molecule has 0 amide bonds. The second-order valence-corrected chi connectivity index (χ2v) is 8.79. The number of thioether (sulfide) groups is 1. The minimum absolute atomic E-state index is 0.383. The Balaban J connectivity index is 2.11. The van der Waals surface area contributed by atoms with Crippen LogP contribution in [0.2, 0.25) is 0 Å². The summed E-state index contributed by atoms with van der Waals surface area (Å²) in [6.45, 7) is 11.5. The quantitative estimate of drug-likeness (QED) is 0.868. The van der Waals surface area contributed by atoms with E-state index in [-0.39, 0.29) is 0 Å². The topological polar surface area (TPSA) is 37.4 Å². The SMILES string of the molecule is CCNCc1sc(N2CCSC(C)(C)CC2)nc1COC. The number of hydrogen-bond acceptors (Lipinski definition) is 6. The van der Waals surface area contributed by atoms with Crippen molar-refractivity contribution < 1.29 is 4.74 Å². The van der Waals surface area contributed by atoms with Crippen LogP contribution < -0.4 is 10.2 Å². The molecule has 1 aromatic rings. The Morgan fingerprint density at radius 1 is 1.38 bits per heavy atom. The lowest BCUT2D eigenvalue weighted by Gasteiger charge is -2.22. The van der Waals surface area contributed by atoms with Gasteiger partial charge in [-0.15, -0.1) is 11.3 Å². The van der Waals surface area contributed by atoms with Gasteiger partial charge >= 0.3 is 0 Å². The van der Waals surface area contributed by atoms with Crippen molar-refractivity contribution in [1.29, 1.82) is 0 Å². The first-order chi connectivity index (χ1) is 10.1. The summed E-state index contributed by atoms with van der Waals surface area (Å²) in [6, 6.07) is 0. The van der Waals surface area contributed by atoms with E-state index in [1.807, 2.05) is 11.3 Å². The van der Waals surface area contributed by atoms with Crippen LogP contribution >= 0.6 is 23.1 Å². The molecule has 1 aromatic heterocycles. The predicted molar refractivity (Wildman–Crippen MR) is 93.6 cm³/mol. The van der Waals surface area contributed by atoms with E-state index in [2.05, 4.69) is 42.7 Å². The molecule has 0 spiro atoms. The monoisotopic (exact) mass is 329 g/mol. The molecule has 4 nitrogen and oxygen atoms in total. The Morgan fingerprint density at radius 2 is 2.19 bits per heavy atom. The predicted octanol–water partition coefficient (Wildman–Crippen LogP) is 3.12. The molecule has 2 heterocycles. The van der Waals surface area contributed by atoms with Crippen LogP contribution in [0.15, 0.2) is 0 Å². The van der Waals surface area contributed by atoms with Crippen molar-refractivity contribution >= 4 is 28.2 Å². The standard InChI is InChI=1S/C15H27N3OS2/c1-5-16-10-13-12(11-19-4)17-14(21-13)18-7-6-15(2,3)20-9-8-18/h16H,5-11H2,1-4H3. The van der Waals surface area contributed by atoms with Gasteiger partial charge in [-0.2, -0.15) is 11.8 Å². The summed E-state index contributed by atoms with van der Waals surface area (Å²) in [5.74, 6) is 1.18. The summed E-state index contributed by atoms with van der Waals surface area (Å²) in [7, 11) is 1.74. The third-order valence-corrected chi connectivity index (χ3v) is 6.22. The molecule has 0 unspecified atom stereocenters. The van der Waals surface area contributed by atoms with Gasteiger partial charge in [0.2, 0.25) is 0 Å². The Morgan fingerprint density at radius 3 is 2.90 bits per heavy atom. The van der Waals surface area contributed by atoms with E-state index >= 15 is 0 Å². The highest BCUT2D eigenvalue weighted by molar-refractivity contribution is 8.00. The zero-order valence-corrected chi connectivity index (χ0v) is 15.2. The van der Waals surface area contributed by atoms with Gasteiger partial charge in [-0.1, -0.05) is 20.8 Å². The van der Waals surface area contributed by atoms with Gasteiger partial charge in [0.1, 0.15) is 0 Å². The van der Waals surface area contributed by atoms with Gasteiger partial charge in [0.25, 0.3) is 0 Å². The molecule has 2 rings (SSSR count). The lowest BCUT2D eigenvalue weighted by atomic mass is 10.1. The zero-order chi connectivity index (χ0) is 15.3. The van der Waals surface area contributed by atoms with Gasteiger partial charge in [-0.25, -0.2) is 4.98 Å². The number of anilines is 1. The van der Waals surface area contributed by atoms with Crippen molar-refractivity contribution in [2.75, 3.05) is 37.4 Å². The minimum Gasteiger partial charge on any atom is -0.378 e. The Kier molecular flexibility index (Phi) is 6.34. The first kappa shape index (κ1) is 17.1. The summed E-state index contributed by atoms with van der Waals surface area (Å²) in [5, 5.41) is 4.56. The van der Waals surface area contributed by atoms with E-state index in [9.17, 15) is 0 Å². The largest absolute Gasteiger partial charge is 0.378 e. The maximum atomic E-state index is 5.30. The lowest BCUT2D eigenvalue weighted by molar-refractivity contribution is 0.181. The first-order valence-corrected chi connectivity index (χ1v) is 9.43. The molecule has 120 valence electrons. The highest BCUT2D eigenvalue weighted by Gasteiger charge is 2.25. The van der Waals surface area contributed by atoms with Crippen molar-refractivity contribution in [2.24, 2.45) is 0 Å². The summed E-state index contributed by atoms with van der Waals surface area (Å²) in [5.41, 5.74) is 1.09. The molecular formula is C15H27N3OS2. The minimum atomic E-state index is 0.383. The molecule has 6 heteroatoms. The molecule has 1 aliphatic rings. The smallest absolute Gasteiger partial charge is 0.185 e. The fourth-order valence-electron chi connectivity index (χ4n) is 2.34. The first-order valence-electron chi connectivity index (χ1n) is 7.63. The van der Waals surface area contributed by atoms with Crippen molar-refractivity contribution in [3.8, 4) is 0 Å². The van der Waals surface area contributed by atoms with Crippen LogP contribution in [-0.4, -0.2) is 42.2 Å². The molecule has 0 atom stereocenters. The third kappa shape index (κ3) is 4.84. The Labute approximate surface area is 136 Å². The highest BCUT2D eigenvalue weighted by Crippen LogP contribution is 2.34. The van der Waals surface area contributed by atoms with Crippen molar-refractivity contribution in [3.63, 3.8) is 0 Å². The summed E-state index contributed by atoms with van der Waals surface area (Å²) < 4.78 is 5.68. The van der Waals surface area contributed by atoms with Crippen LogP contribution in [0.5, 0.6) is 0 Å². The van der Waals surface area contributed by atoms with E-state index in [4.69, 9.17) is 9.72 Å². The summed E-state index contributed by atoms with van der Waals surface area (Å²) in [4.78, 5) is 8.59. The number of methoxy groups -OCH3 is 1. The Bertz CT molecular complexity index is 448. The van der Waals surface area contributed by atoms with Crippen LogP contribution in [0.4, 0.5) is 5.13 Å². The van der Waals surface area contributed by atoms with Gasteiger partial charge in [-0.3, -0.25) is 0 Å². The van der Waals surface area contributed by atoms with Gasteiger partial charge in [-0.05, 0) is 13.0 Å². The van der Waals surface area contributed by atoms with E-state index < -0.39 is 0 Å². The second-order valence-electron chi connectivity index (χ2n) is 5.92. The van der Waals surface area contributed by atoms with Crippen molar-refractivity contribution in [1.82, 2.24) is 10.3 Å². The average molecular weight is 330 g/mol. The van der Waals surface area contributed by atoms with Gasteiger partial charge < -0.3 is 15.0 Å². The van der Waals surface area contributed by atoms with Gasteiger partial charge in [0.15, 0.2) is 5.13 Å². The fraction of sp³-hybridized carbons (Fsp3) is 0.800. The third-order valence-electron chi connectivity index (χ3n) is 3.69. The van der Waals surface area contributed by atoms with Crippen LogP contribution in [0.1, 0.15) is 37.8 Å². The maximum absolute atomic E-state index is 5.30. The van der Waals surface area contributed by atoms with E-state index in [1.54, 1.807) is 7.11 Å². The van der Waals surface area contributed by atoms with Crippen LogP contribution in [0, 0.1) is 0 Å². The van der Waals surface area contributed by atoms with E-state index in [0.29, 0.717) is 11.4 Å². The molecule has 0 aliphatic carbocycles. The van der Waals surface area contributed by atoms with Crippen LogP contribution in [0.3, 0.4) is 0 Å². The summed E-state index contributed by atoms with van der Waals surface area (Å²) in [6.07, 6.45) is 1.21. The number of aromatic nitrogens is 1. The van der Waals surface area contributed by atoms with Crippen molar-refractivity contribution in [2.45, 2.75) is 45.1 Å². The number of nitrogens with one attached hydrogen (secondary N) is 1. The molecule has 0 radical (unpaired) electrons. The molecule has 0 aromatic carbocycles. The number of ether oxygens (including phenoxy) is 1. The zero-order valence-electron chi connectivity index (χ0n) is 13.6. The van der Waals surface area contributed by atoms with Crippen LogP contribution in [0.25, 0.3) is 0 Å². The van der Waals surface area contributed by atoms with E-state index in [0.717, 1.165) is 37.0 Å². The molecule has 1 saturated heterocycles. The lowest BCUT2D eigenvalue weighted by Crippen LogP contribution is -2.26. The highest BCUT2D eigenvalue weighted by atomic mass is 32.2. The molecule has 1 aliphatic heterocycles. The molecule has 0 bridgehead atoms. The van der Waals surface area contributed by atoms with Gasteiger partial charge in [0, 0.05) is 42.1 Å². The Hall–Kier alpha value is -0.300. The second kappa shape index (κ2) is 7.81. The van der Waals surface area contributed by atoms with E-state index in [1.165, 1.54) is 17.1 Å². The maximum Gasteiger partial charge on any atom is 0.185 e. The summed E-state index contributed by atoms with van der Waals surface area (Å²) >= 11 is 3.89. The number of hydrogen-bond donors (Lipinski definition) is 1. The van der Waals surface area contributed by atoms with Gasteiger partial charge in [0.05, 0.1) is 12.3 Å². The van der Waals surface area contributed by atoms with Crippen LogP contribution in [-0.2, 0) is 17.9 Å². The molecule has 21 heavy (non-hydrogen) atoms.